The Hall–Kier alpha value is -2.38. The minimum absolute atomic E-state index is 0.311. The standard InChI is InChI=1S/C19H26N2O5/c1-5-26-15-8-6-14(7-9-15)16-17(19(23)20(2)18(16)22)21(10-12-24-3)11-13-25-4/h6-9H,5,10-13H2,1-4H3. The van der Waals surface area contributed by atoms with E-state index in [0.29, 0.717) is 49.7 Å². The summed E-state index contributed by atoms with van der Waals surface area (Å²) in [5, 5.41) is 0. The van der Waals surface area contributed by atoms with Crippen molar-refractivity contribution in [2.75, 3.05) is 54.2 Å². The highest BCUT2D eigenvalue weighted by molar-refractivity contribution is 6.35. The second-order valence-electron chi connectivity index (χ2n) is 5.82. The van der Waals surface area contributed by atoms with E-state index in [1.165, 1.54) is 7.05 Å². The smallest absolute Gasteiger partial charge is 0.277 e. The van der Waals surface area contributed by atoms with E-state index in [1.807, 2.05) is 11.8 Å². The number of imide groups is 1. The minimum atomic E-state index is -0.314. The molecular weight excluding hydrogens is 336 g/mol. The highest BCUT2D eigenvalue weighted by Crippen LogP contribution is 2.31. The van der Waals surface area contributed by atoms with Crippen LogP contribution in [0, 0.1) is 0 Å². The van der Waals surface area contributed by atoms with E-state index in [0.717, 1.165) is 10.6 Å². The maximum absolute atomic E-state index is 12.7. The molecule has 1 aromatic carbocycles. The van der Waals surface area contributed by atoms with Crippen LogP contribution in [0.5, 0.6) is 5.75 Å². The van der Waals surface area contributed by atoms with Gasteiger partial charge in [-0.1, -0.05) is 12.1 Å². The number of carbonyl (C=O) groups is 2. The van der Waals surface area contributed by atoms with Gasteiger partial charge in [-0.25, -0.2) is 0 Å². The largest absolute Gasteiger partial charge is 0.494 e. The summed E-state index contributed by atoms with van der Waals surface area (Å²) in [5.41, 5.74) is 1.47. The molecule has 0 bridgehead atoms. The molecule has 7 nitrogen and oxygen atoms in total. The number of amides is 2. The van der Waals surface area contributed by atoms with Gasteiger partial charge in [0.2, 0.25) is 0 Å². The van der Waals surface area contributed by atoms with Crippen LogP contribution in [0.2, 0.25) is 0 Å². The Labute approximate surface area is 154 Å². The molecule has 1 aliphatic heterocycles. The fourth-order valence-corrected chi connectivity index (χ4v) is 2.80. The third-order valence-electron chi connectivity index (χ3n) is 4.16. The third-order valence-corrected chi connectivity index (χ3v) is 4.16. The van der Waals surface area contributed by atoms with Gasteiger partial charge in [0, 0.05) is 34.4 Å². The van der Waals surface area contributed by atoms with Crippen molar-refractivity contribution in [3.05, 3.63) is 35.5 Å². The first kappa shape index (κ1) is 19.9. The van der Waals surface area contributed by atoms with Crippen molar-refractivity contribution in [3.8, 4) is 5.75 Å². The van der Waals surface area contributed by atoms with Gasteiger partial charge in [0.15, 0.2) is 0 Å². The van der Waals surface area contributed by atoms with Crippen LogP contribution < -0.4 is 4.74 Å². The highest BCUT2D eigenvalue weighted by Gasteiger charge is 2.39. The molecule has 0 atom stereocenters. The Kier molecular flexibility index (Phi) is 7.17. The van der Waals surface area contributed by atoms with Gasteiger partial charge in [-0.2, -0.15) is 0 Å². The van der Waals surface area contributed by atoms with E-state index in [-0.39, 0.29) is 11.8 Å². The molecule has 0 saturated carbocycles. The molecule has 0 aliphatic carbocycles. The summed E-state index contributed by atoms with van der Waals surface area (Å²) in [6.07, 6.45) is 0. The minimum Gasteiger partial charge on any atom is -0.494 e. The van der Waals surface area contributed by atoms with Crippen molar-refractivity contribution in [1.29, 1.82) is 0 Å². The zero-order valence-electron chi connectivity index (χ0n) is 15.8. The first-order valence-corrected chi connectivity index (χ1v) is 8.57. The van der Waals surface area contributed by atoms with E-state index < -0.39 is 0 Å². The molecule has 2 rings (SSSR count). The first-order chi connectivity index (χ1) is 12.5. The number of benzene rings is 1. The lowest BCUT2D eigenvalue weighted by atomic mass is 10.0. The molecule has 0 fully saturated rings. The maximum Gasteiger partial charge on any atom is 0.277 e. The van der Waals surface area contributed by atoms with Crippen molar-refractivity contribution in [2.24, 2.45) is 0 Å². The van der Waals surface area contributed by atoms with E-state index in [2.05, 4.69) is 0 Å². The second kappa shape index (κ2) is 9.35. The summed E-state index contributed by atoms with van der Waals surface area (Å²) in [7, 11) is 4.70. The van der Waals surface area contributed by atoms with Gasteiger partial charge in [-0.05, 0) is 24.6 Å². The van der Waals surface area contributed by atoms with Crippen LogP contribution in [0.15, 0.2) is 30.0 Å². The fraction of sp³-hybridized carbons (Fsp3) is 0.474. The molecular formula is C19H26N2O5. The number of carbonyl (C=O) groups excluding carboxylic acids is 2. The van der Waals surface area contributed by atoms with Crippen molar-refractivity contribution >= 4 is 17.4 Å². The summed E-state index contributed by atoms with van der Waals surface area (Å²) < 4.78 is 15.8. The molecule has 0 aromatic heterocycles. The molecule has 1 aliphatic rings. The lowest BCUT2D eigenvalue weighted by molar-refractivity contribution is -0.136. The molecule has 2 amide bonds. The van der Waals surface area contributed by atoms with Crippen molar-refractivity contribution < 1.29 is 23.8 Å². The normalized spacial score (nSPS) is 14.4. The van der Waals surface area contributed by atoms with Crippen LogP contribution in [0.4, 0.5) is 0 Å². The number of ether oxygens (including phenoxy) is 3. The topological polar surface area (TPSA) is 68.3 Å². The first-order valence-electron chi connectivity index (χ1n) is 8.57. The average molecular weight is 362 g/mol. The maximum atomic E-state index is 12.7. The SMILES string of the molecule is CCOc1ccc(C2=C(N(CCOC)CCOC)C(=O)N(C)C2=O)cc1. The van der Waals surface area contributed by atoms with Gasteiger partial charge >= 0.3 is 0 Å². The molecule has 1 heterocycles. The molecule has 0 spiro atoms. The number of nitrogens with zero attached hydrogens (tertiary/aromatic N) is 2. The van der Waals surface area contributed by atoms with Crippen LogP contribution in [0.25, 0.3) is 5.57 Å². The zero-order valence-corrected chi connectivity index (χ0v) is 15.8. The van der Waals surface area contributed by atoms with Crippen molar-refractivity contribution in [3.63, 3.8) is 0 Å². The highest BCUT2D eigenvalue weighted by atomic mass is 16.5. The number of likely N-dealkylation sites (N-methyl/N-ethyl adjacent to an activating group) is 1. The summed E-state index contributed by atoms with van der Waals surface area (Å²) >= 11 is 0. The van der Waals surface area contributed by atoms with Crippen LogP contribution >= 0.6 is 0 Å². The van der Waals surface area contributed by atoms with E-state index >= 15 is 0 Å². The summed E-state index contributed by atoms with van der Waals surface area (Å²) in [6.45, 7) is 4.33. The van der Waals surface area contributed by atoms with Crippen LogP contribution in [0.3, 0.4) is 0 Å². The molecule has 7 heteroatoms. The predicted octanol–water partition coefficient (Wildman–Crippen LogP) is 1.39. The van der Waals surface area contributed by atoms with E-state index in [1.54, 1.807) is 38.5 Å². The Morgan fingerprint density at radius 1 is 0.962 bits per heavy atom. The summed E-state index contributed by atoms with van der Waals surface area (Å²) in [4.78, 5) is 28.4. The quantitative estimate of drug-likeness (QED) is 0.586. The van der Waals surface area contributed by atoms with Gasteiger partial charge in [-0.3, -0.25) is 14.5 Å². The molecule has 142 valence electrons. The van der Waals surface area contributed by atoms with Crippen LogP contribution in [-0.4, -0.2) is 75.8 Å². The molecule has 0 saturated heterocycles. The van der Waals surface area contributed by atoms with E-state index in [9.17, 15) is 9.59 Å². The van der Waals surface area contributed by atoms with Gasteiger partial charge < -0.3 is 19.1 Å². The monoisotopic (exact) mass is 362 g/mol. The Morgan fingerprint density at radius 3 is 2.04 bits per heavy atom. The van der Waals surface area contributed by atoms with Gasteiger partial charge in [-0.15, -0.1) is 0 Å². The zero-order chi connectivity index (χ0) is 19.1. The Morgan fingerprint density at radius 2 is 1.54 bits per heavy atom. The van der Waals surface area contributed by atoms with Gasteiger partial charge in [0.05, 0.1) is 25.4 Å². The lowest BCUT2D eigenvalue weighted by Gasteiger charge is -2.25. The number of rotatable bonds is 10. The fourth-order valence-electron chi connectivity index (χ4n) is 2.80. The van der Waals surface area contributed by atoms with Crippen LogP contribution in [0.1, 0.15) is 12.5 Å². The third kappa shape index (κ3) is 4.23. The second-order valence-corrected chi connectivity index (χ2v) is 5.82. The summed E-state index contributed by atoms with van der Waals surface area (Å²) in [5.74, 6) is 0.0965. The van der Waals surface area contributed by atoms with Gasteiger partial charge in [0.1, 0.15) is 11.4 Å². The molecule has 0 radical (unpaired) electrons. The average Bonchev–Trinajstić information content (AvgIpc) is 2.87. The van der Waals surface area contributed by atoms with Gasteiger partial charge in [0.25, 0.3) is 11.8 Å². The number of hydrogen-bond donors (Lipinski definition) is 0. The van der Waals surface area contributed by atoms with Crippen LogP contribution in [-0.2, 0) is 19.1 Å². The van der Waals surface area contributed by atoms with Crippen molar-refractivity contribution in [1.82, 2.24) is 9.80 Å². The molecule has 26 heavy (non-hydrogen) atoms. The number of methoxy groups -OCH3 is 2. The molecule has 0 N–H and O–H groups in total. The summed E-state index contributed by atoms with van der Waals surface area (Å²) in [6, 6.07) is 7.20. The predicted molar refractivity (Wildman–Crippen MR) is 97.6 cm³/mol. The number of hydrogen-bond acceptors (Lipinski definition) is 6. The Bertz CT molecular complexity index is 661. The molecule has 0 unspecified atom stereocenters. The molecule has 1 aromatic rings. The lowest BCUT2D eigenvalue weighted by Crippen LogP contribution is -2.36. The van der Waals surface area contributed by atoms with E-state index in [4.69, 9.17) is 14.2 Å². The Balaban J connectivity index is 2.45. The van der Waals surface area contributed by atoms with Crippen molar-refractivity contribution in [2.45, 2.75) is 6.92 Å².